The Kier molecular flexibility index (Phi) is 8.54. The number of carbonyl (C=O) groups is 1. The zero-order valence-corrected chi connectivity index (χ0v) is 25.5. The second-order valence-corrected chi connectivity index (χ2v) is 12.4. The van der Waals surface area contributed by atoms with Crippen LogP contribution in [0.25, 0.3) is 15.2 Å². The third-order valence-corrected chi connectivity index (χ3v) is 8.81. The lowest BCUT2D eigenvalue weighted by molar-refractivity contribution is -0.129. The largest absolute Gasteiger partial charge is 0.508 e. The minimum Gasteiger partial charge on any atom is -0.508 e. The van der Waals surface area contributed by atoms with Crippen LogP contribution in [-0.2, 0) is 26.4 Å². The highest BCUT2D eigenvalue weighted by Gasteiger charge is 2.36. The Labute approximate surface area is 250 Å². The fourth-order valence-electron chi connectivity index (χ4n) is 5.25. The van der Waals surface area contributed by atoms with Gasteiger partial charge in [0.25, 0.3) is 5.56 Å². The number of nitrogens with one attached hydrogen (secondary N) is 1. The molecule has 0 saturated carbocycles. The maximum Gasteiger partial charge on any atom is 0.333 e. The van der Waals surface area contributed by atoms with Gasteiger partial charge in [0.1, 0.15) is 33.0 Å². The van der Waals surface area contributed by atoms with Gasteiger partial charge in [-0.15, -0.1) is 4.80 Å². The SMILES string of the molecule is Cc1c(-n2nccn2)sc2c1c(=O)n(C(C)(C)C(=O)NC(C)C)c(=O)n2C[C@H](OC1CCOCC1)c1cc(F)ccc1O. The Bertz CT molecular complexity index is 1750. The number of hydrogen-bond acceptors (Lipinski definition) is 9. The molecule has 0 unspecified atom stereocenters. The number of rotatable bonds is 9. The lowest BCUT2D eigenvalue weighted by atomic mass is 10.0. The maximum absolute atomic E-state index is 14.5. The molecule has 2 N–H and O–H groups in total. The van der Waals surface area contributed by atoms with Crippen molar-refractivity contribution in [3.8, 4) is 10.8 Å². The Morgan fingerprint density at radius 1 is 1.23 bits per heavy atom. The highest BCUT2D eigenvalue weighted by molar-refractivity contribution is 7.21. The van der Waals surface area contributed by atoms with E-state index in [0.717, 1.165) is 22.0 Å². The Morgan fingerprint density at radius 3 is 2.56 bits per heavy atom. The summed E-state index contributed by atoms with van der Waals surface area (Å²) in [7, 11) is 0. The summed E-state index contributed by atoms with van der Waals surface area (Å²) in [6.45, 7) is 9.09. The molecule has 0 bridgehead atoms. The molecule has 12 nitrogen and oxygen atoms in total. The average molecular weight is 615 g/mol. The zero-order chi connectivity index (χ0) is 31.1. The van der Waals surface area contributed by atoms with Crippen LogP contribution < -0.4 is 16.6 Å². The van der Waals surface area contributed by atoms with Crippen LogP contribution in [0.15, 0.2) is 40.2 Å². The van der Waals surface area contributed by atoms with E-state index in [1.807, 2.05) is 0 Å². The van der Waals surface area contributed by atoms with Gasteiger partial charge in [-0.3, -0.25) is 14.2 Å². The van der Waals surface area contributed by atoms with Crippen LogP contribution in [0.1, 0.15) is 57.8 Å². The van der Waals surface area contributed by atoms with Crippen molar-refractivity contribution < 1.29 is 23.8 Å². The summed E-state index contributed by atoms with van der Waals surface area (Å²) in [5, 5.41) is 22.7. The minimum atomic E-state index is -1.58. The number of aromatic nitrogens is 5. The molecular weight excluding hydrogens is 579 g/mol. The number of aryl methyl sites for hydroxylation is 1. The summed E-state index contributed by atoms with van der Waals surface area (Å²) < 4.78 is 28.7. The van der Waals surface area contributed by atoms with Gasteiger partial charge in [-0.2, -0.15) is 10.2 Å². The van der Waals surface area contributed by atoms with Gasteiger partial charge in [0.15, 0.2) is 0 Å². The van der Waals surface area contributed by atoms with Gasteiger partial charge >= 0.3 is 5.69 Å². The smallest absolute Gasteiger partial charge is 0.333 e. The van der Waals surface area contributed by atoms with E-state index in [4.69, 9.17) is 9.47 Å². The molecule has 0 radical (unpaired) electrons. The summed E-state index contributed by atoms with van der Waals surface area (Å²) in [5.74, 6) is -1.29. The predicted molar refractivity (Wildman–Crippen MR) is 158 cm³/mol. The van der Waals surface area contributed by atoms with E-state index in [1.165, 1.54) is 47.7 Å². The monoisotopic (exact) mass is 614 g/mol. The third-order valence-electron chi connectivity index (χ3n) is 7.53. The molecule has 1 saturated heterocycles. The van der Waals surface area contributed by atoms with Gasteiger partial charge in [0, 0.05) is 30.4 Å². The van der Waals surface area contributed by atoms with Gasteiger partial charge in [-0.05, 0) is 65.7 Å². The number of nitrogens with zero attached hydrogens (tertiary/aromatic N) is 5. The fraction of sp³-hybridized carbons (Fsp3) is 0.483. The van der Waals surface area contributed by atoms with Gasteiger partial charge in [0.2, 0.25) is 5.91 Å². The van der Waals surface area contributed by atoms with Crippen molar-refractivity contribution in [1.82, 2.24) is 29.4 Å². The van der Waals surface area contributed by atoms with Crippen LogP contribution in [0.4, 0.5) is 4.39 Å². The van der Waals surface area contributed by atoms with Crippen molar-refractivity contribution in [2.75, 3.05) is 13.2 Å². The van der Waals surface area contributed by atoms with Crippen LogP contribution in [0.5, 0.6) is 5.75 Å². The topological polar surface area (TPSA) is 142 Å². The van der Waals surface area contributed by atoms with Crippen molar-refractivity contribution in [2.45, 2.75) is 77.8 Å². The summed E-state index contributed by atoms with van der Waals surface area (Å²) >= 11 is 1.14. The predicted octanol–water partition coefficient (Wildman–Crippen LogP) is 3.16. The Balaban J connectivity index is 1.76. The van der Waals surface area contributed by atoms with E-state index < -0.39 is 34.6 Å². The van der Waals surface area contributed by atoms with Crippen molar-refractivity contribution >= 4 is 27.5 Å². The summed E-state index contributed by atoms with van der Waals surface area (Å²) in [5.41, 5.74) is -2.28. The number of aromatic hydroxyl groups is 1. The number of thiophene rings is 1. The summed E-state index contributed by atoms with van der Waals surface area (Å²) in [4.78, 5) is 43.5. The highest BCUT2D eigenvalue weighted by Crippen LogP contribution is 2.35. The molecule has 3 aromatic heterocycles. The normalized spacial score (nSPS) is 15.3. The molecule has 230 valence electrons. The van der Waals surface area contributed by atoms with Crippen molar-refractivity contribution in [2.24, 2.45) is 0 Å². The molecule has 1 amide bonds. The number of halogens is 1. The molecule has 0 spiro atoms. The first-order valence-corrected chi connectivity index (χ1v) is 14.9. The number of hydrogen-bond donors (Lipinski definition) is 2. The Hall–Kier alpha value is -3.88. The molecular formula is C29H35FN6O6S. The van der Waals surface area contributed by atoms with E-state index in [-0.39, 0.29) is 35.4 Å². The highest BCUT2D eigenvalue weighted by atomic mass is 32.1. The van der Waals surface area contributed by atoms with E-state index in [2.05, 4.69) is 15.5 Å². The minimum absolute atomic E-state index is 0.156. The first-order valence-electron chi connectivity index (χ1n) is 14.1. The lowest BCUT2D eigenvalue weighted by Crippen LogP contribution is -2.56. The third kappa shape index (κ3) is 5.86. The van der Waals surface area contributed by atoms with E-state index in [0.29, 0.717) is 41.5 Å². The lowest BCUT2D eigenvalue weighted by Gasteiger charge is -2.30. The van der Waals surface area contributed by atoms with E-state index in [9.17, 15) is 23.9 Å². The van der Waals surface area contributed by atoms with Crippen molar-refractivity contribution in [3.63, 3.8) is 0 Å². The zero-order valence-electron chi connectivity index (χ0n) is 24.7. The molecule has 1 aliphatic heterocycles. The number of carbonyl (C=O) groups excluding carboxylic acids is 1. The molecule has 14 heteroatoms. The number of benzene rings is 1. The van der Waals surface area contributed by atoms with Gasteiger partial charge < -0.3 is 19.9 Å². The van der Waals surface area contributed by atoms with Gasteiger partial charge in [-0.1, -0.05) is 11.3 Å². The van der Waals surface area contributed by atoms with Gasteiger partial charge in [-0.25, -0.2) is 13.8 Å². The number of amides is 1. The molecule has 1 fully saturated rings. The second-order valence-electron chi connectivity index (χ2n) is 11.4. The number of fused-ring (bicyclic) bond motifs is 1. The van der Waals surface area contributed by atoms with Crippen LogP contribution >= 0.6 is 11.3 Å². The molecule has 4 aromatic rings. The van der Waals surface area contributed by atoms with E-state index in [1.54, 1.807) is 20.8 Å². The molecule has 4 heterocycles. The molecule has 1 aliphatic rings. The number of phenolic OH excluding ortho intramolecular Hbond substituents is 1. The molecule has 1 aromatic carbocycles. The standard InChI is InChI=1S/C29H35FN6O6S/c1-16(2)33-27(39)29(4,5)35-24(38)23-17(3)25(36-31-10-11-32-36)43-26(23)34(28(35)40)15-22(42-19-8-12-41-13-9-19)20-14-18(30)6-7-21(20)37/h6-7,10-11,14,16,19,22,37H,8-9,12-13,15H2,1-5H3,(H,33,39)/t22-/m0/s1. The van der Waals surface area contributed by atoms with Crippen LogP contribution in [0, 0.1) is 12.7 Å². The van der Waals surface area contributed by atoms with Gasteiger partial charge in [0.05, 0.1) is 30.4 Å². The van der Waals surface area contributed by atoms with Crippen molar-refractivity contribution in [3.05, 3.63) is 68.4 Å². The number of ether oxygens (including phenoxy) is 2. The first-order chi connectivity index (χ1) is 20.4. The number of phenols is 1. The summed E-state index contributed by atoms with van der Waals surface area (Å²) in [6, 6.07) is 3.31. The van der Waals surface area contributed by atoms with Crippen molar-refractivity contribution in [1.29, 1.82) is 0 Å². The quantitative estimate of drug-likeness (QED) is 0.293. The Morgan fingerprint density at radius 2 is 1.91 bits per heavy atom. The molecule has 0 aliphatic carbocycles. The first kappa shape index (κ1) is 30.6. The molecule has 1 atom stereocenters. The summed E-state index contributed by atoms with van der Waals surface area (Å²) in [6.07, 6.45) is 2.89. The maximum atomic E-state index is 14.5. The van der Waals surface area contributed by atoms with Crippen LogP contribution in [0.3, 0.4) is 0 Å². The second kappa shape index (κ2) is 12.0. The van der Waals surface area contributed by atoms with Crippen LogP contribution in [0.2, 0.25) is 0 Å². The van der Waals surface area contributed by atoms with E-state index >= 15 is 0 Å². The fourth-order valence-corrected chi connectivity index (χ4v) is 6.47. The van der Waals surface area contributed by atoms with Crippen LogP contribution in [-0.4, -0.2) is 60.5 Å². The average Bonchev–Trinajstić information content (AvgIpc) is 3.60. The molecule has 5 rings (SSSR count). The molecule has 43 heavy (non-hydrogen) atoms.